The van der Waals surface area contributed by atoms with Gasteiger partial charge in [-0.15, -0.1) is 5.10 Å². The lowest BCUT2D eigenvalue weighted by Gasteiger charge is -2.14. The molecule has 20 heavy (non-hydrogen) atoms. The van der Waals surface area contributed by atoms with Crippen molar-refractivity contribution in [3.05, 3.63) is 23.0 Å². The van der Waals surface area contributed by atoms with E-state index < -0.39 is 0 Å². The van der Waals surface area contributed by atoms with Gasteiger partial charge in [-0.3, -0.25) is 4.79 Å². The van der Waals surface area contributed by atoms with Crippen molar-refractivity contribution in [2.75, 3.05) is 23.3 Å². The van der Waals surface area contributed by atoms with Gasteiger partial charge < -0.3 is 10.2 Å². The largest absolute Gasteiger partial charge is 0.341 e. The van der Waals surface area contributed by atoms with E-state index in [0.717, 1.165) is 30.6 Å². The number of aromatic nitrogens is 4. The third-order valence-electron chi connectivity index (χ3n) is 3.14. The standard InChI is InChI=1S/C12H14N6OS/c1-8-10(20-17-16-8)11(19)15-9-6-13-12(14-7-9)18-4-2-3-5-18/h6-7H,2-5H2,1H3,(H,15,19). The van der Waals surface area contributed by atoms with Gasteiger partial charge in [-0.1, -0.05) is 4.49 Å². The number of carbonyl (C=O) groups excluding carboxylic acids is 1. The molecule has 1 saturated heterocycles. The van der Waals surface area contributed by atoms with E-state index in [-0.39, 0.29) is 5.91 Å². The molecule has 7 nitrogen and oxygen atoms in total. The van der Waals surface area contributed by atoms with E-state index in [9.17, 15) is 4.79 Å². The van der Waals surface area contributed by atoms with E-state index in [0.29, 0.717) is 16.3 Å². The van der Waals surface area contributed by atoms with Crippen LogP contribution in [-0.4, -0.2) is 38.6 Å². The molecule has 0 saturated carbocycles. The molecule has 0 radical (unpaired) electrons. The minimum Gasteiger partial charge on any atom is -0.341 e. The van der Waals surface area contributed by atoms with Gasteiger partial charge >= 0.3 is 0 Å². The Morgan fingerprint density at radius 3 is 2.60 bits per heavy atom. The van der Waals surface area contributed by atoms with Crippen LogP contribution in [0.4, 0.5) is 11.6 Å². The molecule has 0 aromatic carbocycles. The van der Waals surface area contributed by atoms with E-state index >= 15 is 0 Å². The molecule has 3 rings (SSSR count). The molecule has 104 valence electrons. The molecule has 0 atom stereocenters. The fraction of sp³-hybridized carbons (Fsp3) is 0.417. The Balaban J connectivity index is 1.69. The number of nitrogens with zero attached hydrogens (tertiary/aromatic N) is 5. The molecule has 3 heterocycles. The fourth-order valence-electron chi connectivity index (χ4n) is 2.09. The van der Waals surface area contributed by atoms with Crippen LogP contribution in [0.15, 0.2) is 12.4 Å². The minimum absolute atomic E-state index is 0.227. The van der Waals surface area contributed by atoms with E-state index in [1.807, 2.05) is 0 Å². The fourth-order valence-corrected chi connectivity index (χ4v) is 2.65. The van der Waals surface area contributed by atoms with Gasteiger partial charge in [0.2, 0.25) is 5.95 Å². The van der Waals surface area contributed by atoms with Crippen LogP contribution in [0, 0.1) is 6.92 Å². The first-order valence-electron chi connectivity index (χ1n) is 6.41. The summed E-state index contributed by atoms with van der Waals surface area (Å²) in [4.78, 5) is 23.2. The minimum atomic E-state index is -0.227. The molecule has 0 aliphatic carbocycles. The van der Waals surface area contributed by atoms with Gasteiger partial charge in [0.1, 0.15) is 4.88 Å². The van der Waals surface area contributed by atoms with Gasteiger partial charge in [-0.2, -0.15) is 0 Å². The Hall–Kier alpha value is -2.09. The molecule has 8 heteroatoms. The Bertz CT molecular complexity index is 605. The summed E-state index contributed by atoms with van der Waals surface area (Å²) in [5.41, 5.74) is 1.20. The van der Waals surface area contributed by atoms with Crippen LogP contribution in [0.25, 0.3) is 0 Å². The first-order valence-corrected chi connectivity index (χ1v) is 7.18. The lowest BCUT2D eigenvalue weighted by molar-refractivity contribution is 0.102. The van der Waals surface area contributed by atoms with Crippen molar-refractivity contribution in [3.63, 3.8) is 0 Å². The lowest BCUT2D eigenvalue weighted by atomic mass is 10.3. The second kappa shape index (κ2) is 5.49. The Labute approximate surface area is 120 Å². The zero-order chi connectivity index (χ0) is 13.9. The Kier molecular flexibility index (Phi) is 3.55. The molecular formula is C12H14N6OS. The van der Waals surface area contributed by atoms with Gasteiger partial charge in [0.15, 0.2) is 0 Å². The summed E-state index contributed by atoms with van der Waals surface area (Å²) in [5, 5.41) is 6.57. The maximum atomic E-state index is 12.0. The number of anilines is 2. The summed E-state index contributed by atoms with van der Waals surface area (Å²) >= 11 is 1.08. The second-order valence-electron chi connectivity index (χ2n) is 4.61. The normalized spacial score (nSPS) is 14.6. The van der Waals surface area contributed by atoms with Crippen molar-refractivity contribution in [1.29, 1.82) is 0 Å². The summed E-state index contributed by atoms with van der Waals surface area (Å²) in [7, 11) is 0. The highest BCUT2D eigenvalue weighted by atomic mass is 32.1. The number of hydrogen-bond donors (Lipinski definition) is 1. The van der Waals surface area contributed by atoms with Crippen molar-refractivity contribution in [2.24, 2.45) is 0 Å². The average molecular weight is 290 g/mol. The number of nitrogens with one attached hydrogen (secondary N) is 1. The highest BCUT2D eigenvalue weighted by molar-refractivity contribution is 7.08. The summed E-state index contributed by atoms with van der Waals surface area (Å²) in [6.45, 7) is 3.75. The lowest BCUT2D eigenvalue weighted by Crippen LogP contribution is -2.20. The monoisotopic (exact) mass is 290 g/mol. The second-order valence-corrected chi connectivity index (χ2v) is 5.36. The van der Waals surface area contributed by atoms with Crippen molar-refractivity contribution in [3.8, 4) is 0 Å². The van der Waals surface area contributed by atoms with E-state index in [1.165, 1.54) is 12.8 Å². The van der Waals surface area contributed by atoms with Crippen LogP contribution < -0.4 is 10.2 Å². The van der Waals surface area contributed by atoms with Gasteiger partial charge in [0, 0.05) is 13.1 Å². The highest BCUT2D eigenvalue weighted by Crippen LogP contribution is 2.17. The number of rotatable bonds is 3. The number of amides is 1. The predicted molar refractivity (Wildman–Crippen MR) is 76.1 cm³/mol. The van der Waals surface area contributed by atoms with E-state index in [4.69, 9.17) is 0 Å². The van der Waals surface area contributed by atoms with Crippen LogP contribution in [0.5, 0.6) is 0 Å². The molecule has 0 spiro atoms. The Morgan fingerprint density at radius 1 is 1.30 bits per heavy atom. The van der Waals surface area contributed by atoms with E-state index in [1.54, 1.807) is 19.3 Å². The zero-order valence-electron chi connectivity index (χ0n) is 11.0. The van der Waals surface area contributed by atoms with Crippen LogP contribution in [0.1, 0.15) is 28.2 Å². The molecule has 2 aromatic rings. The number of carbonyl (C=O) groups is 1. The summed E-state index contributed by atoms with van der Waals surface area (Å²) in [6.07, 6.45) is 5.61. The maximum Gasteiger partial charge on any atom is 0.269 e. The number of aryl methyl sites for hydroxylation is 1. The van der Waals surface area contributed by atoms with Crippen LogP contribution in [-0.2, 0) is 0 Å². The first kappa shape index (κ1) is 12.9. The van der Waals surface area contributed by atoms with Gasteiger partial charge in [-0.05, 0) is 31.3 Å². The molecule has 2 aromatic heterocycles. The van der Waals surface area contributed by atoms with Gasteiger partial charge in [-0.25, -0.2) is 9.97 Å². The molecule has 1 aliphatic heterocycles. The molecule has 1 aliphatic rings. The van der Waals surface area contributed by atoms with Crippen LogP contribution in [0.3, 0.4) is 0 Å². The van der Waals surface area contributed by atoms with Crippen molar-refractivity contribution in [2.45, 2.75) is 19.8 Å². The smallest absolute Gasteiger partial charge is 0.269 e. The van der Waals surface area contributed by atoms with Crippen molar-refractivity contribution in [1.82, 2.24) is 19.6 Å². The molecule has 0 unspecified atom stereocenters. The SMILES string of the molecule is Cc1nnsc1C(=O)Nc1cnc(N2CCCC2)nc1. The molecular weight excluding hydrogens is 276 g/mol. The molecule has 0 bridgehead atoms. The van der Waals surface area contributed by atoms with Gasteiger partial charge in [0.25, 0.3) is 5.91 Å². The van der Waals surface area contributed by atoms with Crippen molar-refractivity contribution < 1.29 is 4.79 Å². The quantitative estimate of drug-likeness (QED) is 0.922. The third-order valence-corrected chi connectivity index (χ3v) is 3.97. The summed E-state index contributed by atoms with van der Waals surface area (Å²) in [5.74, 6) is 0.492. The van der Waals surface area contributed by atoms with Gasteiger partial charge in [0.05, 0.1) is 23.8 Å². The van der Waals surface area contributed by atoms with Crippen LogP contribution >= 0.6 is 11.5 Å². The third kappa shape index (κ3) is 2.60. The number of hydrogen-bond acceptors (Lipinski definition) is 7. The average Bonchev–Trinajstić information content (AvgIpc) is 3.10. The molecule has 1 fully saturated rings. The van der Waals surface area contributed by atoms with Crippen molar-refractivity contribution >= 4 is 29.1 Å². The topological polar surface area (TPSA) is 83.9 Å². The molecule has 1 N–H and O–H groups in total. The van der Waals surface area contributed by atoms with Crippen LogP contribution in [0.2, 0.25) is 0 Å². The predicted octanol–water partition coefficient (Wildman–Crippen LogP) is 1.49. The molecule has 1 amide bonds. The summed E-state index contributed by atoms with van der Waals surface area (Å²) in [6, 6.07) is 0. The highest BCUT2D eigenvalue weighted by Gasteiger charge is 2.16. The first-order chi connectivity index (χ1) is 9.74. The maximum absolute atomic E-state index is 12.0. The zero-order valence-corrected chi connectivity index (χ0v) is 11.9. The van der Waals surface area contributed by atoms with E-state index in [2.05, 4.69) is 29.8 Å². The Morgan fingerprint density at radius 2 is 2.00 bits per heavy atom. The summed E-state index contributed by atoms with van der Waals surface area (Å²) < 4.78 is 3.74.